The molecule has 0 saturated heterocycles. The minimum Gasteiger partial charge on any atom is -0.342 e. The topological polar surface area (TPSA) is 20.3 Å². The highest BCUT2D eigenvalue weighted by molar-refractivity contribution is 7.98. The van der Waals surface area contributed by atoms with Crippen LogP contribution in [-0.4, -0.2) is 36.5 Å². The molecule has 0 aliphatic heterocycles. The fraction of sp³-hybridized carbons (Fsp3) is 0.500. The summed E-state index contributed by atoms with van der Waals surface area (Å²) in [6.45, 7) is 0.792. The zero-order valence-electron chi connectivity index (χ0n) is 11.0. The van der Waals surface area contributed by atoms with Crippen LogP contribution in [0.4, 0.5) is 0 Å². The lowest BCUT2D eigenvalue weighted by Gasteiger charge is -2.17. The molecule has 0 atom stereocenters. The van der Waals surface area contributed by atoms with Crippen LogP contribution < -0.4 is 0 Å². The Morgan fingerprint density at radius 1 is 1.22 bits per heavy atom. The van der Waals surface area contributed by atoms with E-state index in [0.29, 0.717) is 5.88 Å². The van der Waals surface area contributed by atoms with Crippen molar-refractivity contribution in [2.45, 2.75) is 24.2 Å². The van der Waals surface area contributed by atoms with Gasteiger partial charge in [0.25, 0.3) is 5.91 Å². The van der Waals surface area contributed by atoms with E-state index in [1.54, 1.807) is 16.7 Å². The number of alkyl halides is 1. The van der Waals surface area contributed by atoms with E-state index in [2.05, 4.69) is 0 Å². The van der Waals surface area contributed by atoms with Gasteiger partial charge in [-0.15, -0.1) is 23.4 Å². The van der Waals surface area contributed by atoms with Gasteiger partial charge in [-0.2, -0.15) is 0 Å². The molecule has 2 nitrogen and oxygen atoms in total. The Morgan fingerprint density at radius 3 is 2.44 bits per heavy atom. The van der Waals surface area contributed by atoms with E-state index in [4.69, 9.17) is 11.6 Å². The Kier molecular flexibility index (Phi) is 7.21. The number of halogens is 1. The quantitative estimate of drug-likeness (QED) is 0.430. The zero-order chi connectivity index (χ0) is 13.4. The normalized spacial score (nSPS) is 10.4. The molecule has 0 spiro atoms. The third-order valence-corrected chi connectivity index (χ3v) is 3.82. The molecule has 100 valence electrons. The van der Waals surface area contributed by atoms with Gasteiger partial charge < -0.3 is 4.90 Å². The largest absolute Gasteiger partial charge is 0.342 e. The van der Waals surface area contributed by atoms with Crippen molar-refractivity contribution in [3.8, 4) is 0 Å². The standard InChI is InChI=1S/C14H20ClNOS/c1-16(11-5-3-4-10-15)14(17)12-6-8-13(18-2)9-7-12/h6-9H,3-5,10-11H2,1-2H3. The number of nitrogens with zero attached hydrogens (tertiary/aromatic N) is 1. The maximum atomic E-state index is 12.1. The van der Waals surface area contributed by atoms with Gasteiger partial charge in [0.2, 0.25) is 0 Å². The number of hydrogen-bond acceptors (Lipinski definition) is 2. The molecule has 0 fully saturated rings. The molecule has 0 aromatic heterocycles. The molecule has 0 N–H and O–H groups in total. The lowest BCUT2D eigenvalue weighted by molar-refractivity contribution is 0.0792. The number of thioether (sulfide) groups is 1. The van der Waals surface area contributed by atoms with Gasteiger partial charge >= 0.3 is 0 Å². The van der Waals surface area contributed by atoms with Gasteiger partial charge in [-0.3, -0.25) is 4.79 Å². The molecule has 1 aromatic rings. The highest BCUT2D eigenvalue weighted by Gasteiger charge is 2.10. The van der Waals surface area contributed by atoms with Crippen molar-refractivity contribution in [1.29, 1.82) is 0 Å². The fourth-order valence-electron chi connectivity index (χ4n) is 1.68. The summed E-state index contributed by atoms with van der Waals surface area (Å²) in [6.07, 6.45) is 5.14. The monoisotopic (exact) mass is 285 g/mol. The molecule has 1 rings (SSSR count). The second-order valence-corrected chi connectivity index (χ2v) is 5.46. The maximum absolute atomic E-state index is 12.1. The first kappa shape index (κ1) is 15.4. The third kappa shape index (κ3) is 4.91. The summed E-state index contributed by atoms with van der Waals surface area (Å²) in [6, 6.07) is 7.76. The van der Waals surface area contributed by atoms with Crippen LogP contribution in [-0.2, 0) is 0 Å². The van der Waals surface area contributed by atoms with E-state index >= 15 is 0 Å². The Labute approximate surface area is 119 Å². The highest BCUT2D eigenvalue weighted by atomic mass is 35.5. The number of hydrogen-bond donors (Lipinski definition) is 0. The second-order valence-electron chi connectivity index (χ2n) is 4.20. The number of rotatable bonds is 7. The number of amides is 1. The van der Waals surface area contributed by atoms with Gasteiger partial charge in [0, 0.05) is 29.9 Å². The van der Waals surface area contributed by atoms with E-state index in [0.717, 1.165) is 31.4 Å². The molecule has 0 aliphatic rings. The predicted octanol–water partition coefficient (Wildman–Crippen LogP) is 3.89. The lowest BCUT2D eigenvalue weighted by atomic mass is 10.2. The van der Waals surface area contributed by atoms with Crippen LogP contribution in [0.25, 0.3) is 0 Å². The van der Waals surface area contributed by atoms with Crippen LogP contribution in [0.15, 0.2) is 29.2 Å². The average Bonchev–Trinajstić information content (AvgIpc) is 2.42. The minimum absolute atomic E-state index is 0.0912. The Bertz CT molecular complexity index is 367. The third-order valence-electron chi connectivity index (χ3n) is 2.81. The van der Waals surface area contributed by atoms with Gasteiger partial charge in [0.05, 0.1) is 0 Å². The summed E-state index contributed by atoms with van der Waals surface area (Å²) in [5.41, 5.74) is 0.757. The number of benzene rings is 1. The van der Waals surface area contributed by atoms with Crippen LogP contribution >= 0.6 is 23.4 Å². The number of unbranched alkanes of at least 4 members (excludes halogenated alkanes) is 2. The fourth-order valence-corrected chi connectivity index (χ4v) is 2.27. The number of carbonyl (C=O) groups is 1. The Morgan fingerprint density at radius 2 is 1.89 bits per heavy atom. The van der Waals surface area contributed by atoms with Crippen molar-refractivity contribution in [2.24, 2.45) is 0 Å². The van der Waals surface area contributed by atoms with Crippen LogP contribution in [0.2, 0.25) is 0 Å². The van der Waals surface area contributed by atoms with Crippen molar-refractivity contribution in [3.05, 3.63) is 29.8 Å². The van der Waals surface area contributed by atoms with Crippen LogP contribution in [0.5, 0.6) is 0 Å². The van der Waals surface area contributed by atoms with Gasteiger partial charge in [0.1, 0.15) is 0 Å². The van der Waals surface area contributed by atoms with E-state index in [1.807, 2.05) is 37.6 Å². The van der Waals surface area contributed by atoms with Crippen molar-refractivity contribution < 1.29 is 4.79 Å². The lowest BCUT2D eigenvalue weighted by Crippen LogP contribution is -2.27. The van der Waals surface area contributed by atoms with Crippen LogP contribution in [0.1, 0.15) is 29.6 Å². The Balaban J connectivity index is 2.46. The molecule has 0 radical (unpaired) electrons. The molecule has 1 aromatic carbocycles. The summed E-state index contributed by atoms with van der Waals surface area (Å²) in [7, 11) is 1.85. The molecule has 0 bridgehead atoms. The Hall–Kier alpha value is -0.670. The molecule has 4 heteroatoms. The van der Waals surface area contributed by atoms with Crippen molar-refractivity contribution in [1.82, 2.24) is 4.90 Å². The second kappa shape index (κ2) is 8.44. The smallest absolute Gasteiger partial charge is 0.253 e. The van der Waals surface area contributed by atoms with E-state index < -0.39 is 0 Å². The highest BCUT2D eigenvalue weighted by Crippen LogP contribution is 2.15. The molecule has 18 heavy (non-hydrogen) atoms. The average molecular weight is 286 g/mol. The van der Waals surface area contributed by atoms with Crippen molar-refractivity contribution in [2.75, 3.05) is 25.7 Å². The predicted molar refractivity (Wildman–Crippen MR) is 79.8 cm³/mol. The first-order chi connectivity index (χ1) is 8.69. The summed E-state index contributed by atoms with van der Waals surface area (Å²) in [4.78, 5) is 15.1. The van der Waals surface area contributed by atoms with E-state index in [1.165, 1.54) is 4.90 Å². The van der Waals surface area contributed by atoms with Crippen molar-refractivity contribution in [3.63, 3.8) is 0 Å². The van der Waals surface area contributed by atoms with Crippen LogP contribution in [0.3, 0.4) is 0 Å². The molecule has 0 aliphatic carbocycles. The number of carbonyl (C=O) groups excluding carboxylic acids is 1. The first-order valence-electron chi connectivity index (χ1n) is 6.14. The summed E-state index contributed by atoms with van der Waals surface area (Å²) < 4.78 is 0. The van der Waals surface area contributed by atoms with Crippen LogP contribution in [0, 0.1) is 0 Å². The molecular weight excluding hydrogens is 266 g/mol. The molecule has 0 unspecified atom stereocenters. The maximum Gasteiger partial charge on any atom is 0.253 e. The molecule has 0 saturated carbocycles. The summed E-state index contributed by atoms with van der Waals surface area (Å²) in [5, 5.41) is 0. The summed E-state index contributed by atoms with van der Waals surface area (Å²) in [5.74, 6) is 0.793. The molecule has 1 amide bonds. The SMILES string of the molecule is CSc1ccc(C(=O)N(C)CCCCCCl)cc1. The van der Waals surface area contributed by atoms with Crippen molar-refractivity contribution >= 4 is 29.3 Å². The summed E-state index contributed by atoms with van der Waals surface area (Å²) >= 11 is 7.30. The van der Waals surface area contributed by atoms with E-state index in [9.17, 15) is 4.79 Å². The molecular formula is C14H20ClNOS. The first-order valence-corrected chi connectivity index (χ1v) is 7.90. The zero-order valence-corrected chi connectivity index (χ0v) is 12.6. The van der Waals surface area contributed by atoms with Gasteiger partial charge in [0.15, 0.2) is 0 Å². The van der Waals surface area contributed by atoms with Gasteiger partial charge in [-0.1, -0.05) is 6.42 Å². The van der Waals surface area contributed by atoms with Gasteiger partial charge in [-0.25, -0.2) is 0 Å². The van der Waals surface area contributed by atoms with Gasteiger partial charge in [-0.05, 0) is 43.4 Å². The van der Waals surface area contributed by atoms with E-state index in [-0.39, 0.29) is 5.91 Å². The molecule has 0 heterocycles. The minimum atomic E-state index is 0.0912.